The van der Waals surface area contributed by atoms with Crippen LogP contribution in [0.1, 0.15) is 27.2 Å². The van der Waals surface area contributed by atoms with Gasteiger partial charge in [-0.2, -0.15) is 0 Å². The van der Waals surface area contributed by atoms with Gasteiger partial charge >= 0.3 is 81.0 Å². The zero-order valence-electron chi connectivity index (χ0n) is 6.00. The summed E-state index contributed by atoms with van der Waals surface area (Å²) in [5, 5.41) is 0. The molecular weight excluding hydrogens is 263 g/mol. The Hall–Kier alpha value is 0.727. The molecular formula is C8H11Er. The molecule has 1 rings (SSSR count). The van der Waals surface area contributed by atoms with Crippen LogP contribution in [0.3, 0.4) is 0 Å². The van der Waals surface area contributed by atoms with E-state index in [9.17, 15) is 0 Å². The molecule has 0 aromatic carbocycles. The van der Waals surface area contributed by atoms with Crippen molar-refractivity contribution in [2.75, 3.05) is 0 Å². The van der Waals surface area contributed by atoms with Gasteiger partial charge in [0.25, 0.3) is 0 Å². The van der Waals surface area contributed by atoms with Gasteiger partial charge in [-0.3, -0.25) is 0 Å². The van der Waals surface area contributed by atoms with E-state index in [4.69, 9.17) is 0 Å². The van der Waals surface area contributed by atoms with Crippen molar-refractivity contribution in [3.8, 4) is 0 Å². The normalized spacial score (nSPS) is 20.1. The summed E-state index contributed by atoms with van der Waals surface area (Å²) in [4.78, 5) is 0. The molecule has 0 spiro atoms. The first-order valence-electron chi connectivity index (χ1n) is 3.10. The van der Waals surface area contributed by atoms with Crippen LogP contribution in [-0.2, 0) is 0 Å². The summed E-state index contributed by atoms with van der Waals surface area (Å²) in [6, 6.07) is 0. The van der Waals surface area contributed by atoms with E-state index >= 15 is 0 Å². The third-order valence-corrected chi connectivity index (χ3v) is 3.00. The predicted molar refractivity (Wildman–Crippen MR) is 35.7 cm³/mol. The van der Waals surface area contributed by atoms with Crippen LogP contribution in [0.25, 0.3) is 0 Å². The Morgan fingerprint density at radius 1 is 1.11 bits per heavy atom. The fourth-order valence-electron chi connectivity index (χ4n) is 0.981. The molecule has 0 heterocycles. The van der Waals surface area contributed by atoms with Crippen molar-refractivity contribution >= 4 is 0 Å². The molecule has 0 unspecified atom stereocenters. The number of hydrogen-bond donors (Lipinski definition) is 0. The maximum atomic E-state index is 2.80. The molecule has 0 fully saturated rings. The molecule has 55 valence electrons. The third kappa shape index (κ3) is 1.41. The molecule has 9 heavy (non-hydrogen) atoms. The standard InChI is InChI=1S/C8H11.Er/c1-6-4-5-7(2)8(6)3;/h4H2,1-3H3;. The van der Waals surface area contributed by atoms with Gasteiger partial charge in [0.15, 0.2) is 0 Å². The van der Waals surface area contributed by atoms with Gasteiger partial charge in [0, 0.05) is 0 Å². The zero-order chi connectivity index (χ0) is 7.02. The topological polar surface area (TPSA) is 0 Å². The Morgan fingerprint density at radius 3 is 1.78 bits per heavy atom. The van der Waals surface area contributed by atoms with Gasteiger partial charge in [-0.15, -0.1) is 0 Å². The average Bonchev–Trinajstić information content (AvgIpc) is 1.98. The molecule has 0 atom stereocenters. The molecule has 0 bridgehead atoms. The molecule has 0 saturated carbocycles. The van der Waals surface area contributed by atoms with E-state index in [1.807, 2.05) is 0 Å². The Morgan fingerprint density at radius 2 is 1.67 bits per heavy atom. The van der Waals surface area contributed by atoms with E-state index in [1.165, 1.54) is 24.9 Å². The molecule has 0 radical (unpaired) electrons. The van der Waals surface area contributed by atoms with E-state index in [2.05, 4.69) is 56.1 Å². The predicted octanol–water partition coefficient (Wildman–Crippen LogP) is 2.55. The van der Waals surface area contributed by atoms with Crippen LogP contribution in [0, 0.1) is 35.4 Å². The van der Waals surface area contributed by atoms with Gasteiger partial charge in [0.2, 0.25) is 0 Å². The summed E-state index contributed by atoms with van der Waals surface area (Å²) in [5.74, 6) is 0. The van der Waals surface area contributed by atoms with Gasteiger partial charge in [-0.05, 0) is 0 Å². The summed E-state index contributed by atoms with van der Waals surface area (Å²) in [6.45, 7) is 6.59. The van der Waals surface area contributed by atoms with Crippen LogP contribution in [0.4, 0.5) is 0 Å². The first-order valence-corrected chi connectivity index (χ1v) is 4.03. The Labute approximate surface area is 80.3 Å². The van der Waals surface area contributed by atoms with E-state index in [0.717, 1.165) is 0 Å². The molecule has 0 N–H and O–H groups in total. The molecule has 0 saturated heterocycles. The fourth-order valence-corrected chi connectivity index (χ4v) is 1.82. The molecule has 1 aliphatic rings. The van der Waals surface area contributed by atoms with Crippen molar-refractivity contribution in [3.05, 3.63) is 18.5 Å². The maximum absolute atomic E-state index is 2.80. The number of hydrogen-bond acceptors (Lipinski definition) is 0. The van der Waals surface area contributed by atoms with E-state index in [1.54, 1.807) is 0 Å². The van der Waals surface area contributed by atoms with Gasteiger partial charge in [0.1, 0.15) is 0 Å². The zero-order valence-corrected chi connectivity index (χ0v) is 7.85. The Bertz CT molecular complexity index is 175. The minimum absolute atomic E-state index is 1.17. The molecule has 0 aromatic rings. The summed E-state index contributed by atoms with van der Waals surface area (Å²) in [5.41, 5.74) is 4.48. The van der Waals surface area contributed by atoms with Gasteiger partial charge in [-0.1, -0.05) is 0 Å². The van der Waals surface area contributed by atoms with Crippen molar-refractivity contribution in [2.45, 2.75) is 27.2 Å². The van der Waals surface area contributed by atoms with Gasteiger partial charge in [0.05, 0.1) is 0 Å². The Balaban J connectivity index is 2.97. The van der Waals surface area contributed by atoms with Gasteiger partial charge < -0.3 is 0 Å². The van der Waals surface area contributed by atoms with E-state index < -0.39 is 0 Å². The summed E-state index contributed by atoms with van der Waals surface area (Å²) in [6.07, 6.45) is 1.17. The van der Waals surface area contributed by atoms with Crippen molar-refractivity contribution < 1.29 is 35.4 Å². The Kier molecular flexibility index (Phi) is 2.41. The molecule has 0 nitrogen and oxygen atoms in total. The summed E-state index contributed by atoms with van der Waals surface area (Å²) < 4.78 is 1.46. The third-order valence-electron chi connectivity index (χ3n) is 1.98. The minimum atomic E-state index is 1.17. The second-order valence-corrected chi connectivity index (χ2v) is 3.68. The number of allylic oxidation sites excluding steroid dienone is 4. The molecule has 0 amide bonds. The van der Waals surface area contributed by atoms with Crippen LogP contribution < -0.4 is 0 Å². The fraction of sp³-hybridized carbons (Fsp3) is 0.500. The molecule has 1 heteroatoms. The first kappa shape index (κ1) is 7.83. The number of rotatable bonds is 0. The summed E-state index contributed by atoms with van der Waals surface area (Å²) >= 11 is 2.80. The first-order chi connectivity index (χ1) is 4.13. The average molecular weight is 274 g/mol. The van der Waals surface area contributed by atoms with E-state index in [0.29, 0.717) is 0 Å². The van der Waals surface area contributed by atoms with Crippen molar-refractivity contribution in [1.29, 1.82) is 0 Å². The van der Waals surface area contributed by atoms with Crippen LogP contribution >= 0.6 is 0 Å². The van der Waals surface area contributed by atoms with Crippen LogP contribution in [0.15, 0.2) is 18.5 Å². The quantitative estimate of drug-likeness (QED) is 0.637. The van der Waals surface area contributed by atoms with Crippen molar-refractivity contribution in [3.63, 3.8) is 0 Å². The summed E-state index contributed by atoms with van der Waals surface area (Å²) in [7, 11) is 0. The van der Waals surface area contributed by atoms with Crippen LogP contribution in [-0.4, -0.2) is 0 Å². The van der Waals surface area contributed by atoms with E-state index in [-0.39, 0.29) is 0 Å². The van der Waals surface area contributed by atoms with Crippen molar-refractivity contribution in [1.82, 2.24) is 0 Å². The molecule has 0 aliphatic heterocycles. The molecule has 0 aromatic heterocycles. The molecule has 1 aliphatic carbocycles. The SMILES string of the molecule is CC1=C(C)C(C)=[C]([Er])C1. The van der Waals surface area contributed by atoms with Gasteiger partial charge in [-0.25, -0.2) is 0 Å². The van der Waals surface area contributed by atoms with Crippen LogP contribution in [0.2, 0.25) is 0 Å². The van der Waals surface area contributed by atoms with Crippen molar-refractivity contribution in [2.24, 2.45) is 0 Å². The monoisotopic (exact) mass is 273 g/mol. The van der Waals surface area contributed by atoms with Crippen LogP contribution in [0.5, 0.6) is 0 Å². The second kappa shape index (κ2) is 2.77. The second-order valence-electron chi connectivity index (χ2n) is 2.56.